The molecule has 0 bridgehead atoms. The predicted molar refractivity (Wildman–Crippen MR) is 70.1 cm³/mol. The van der Waals surface area contributed by atoms with Crippen LogP contribution in [-0.2, 0) is 13.0 Å². The van der Waals surface area contributed by atoms with Crippen LogP contribution in [0.1, 0.15) is 37.9 Å². The molecule has 5 heteroatoms. The minimum absolute atomic E-state index is 0.661. The smallest absolute Gasteiger partial charge is 0.226 e. The second kappa shape index (κ2) is 5.87. The summed E-state index contributed by atoms with van der Waals surface area (Å²) >= 11 is 1.98. The summed E-state index contributed by atoms with van der Waals surface area (Å²) in [4.78, 5) is 6.74. The van der Waals surface area contributed by atoms with E-state index in [-0.39, 0.29) is 0 Å². The SMILES string of the molecule is CCc1nc(CN(C)[C@@H]2CCC[C@H]2SC)no1. The van der Waals surface area contributed by atoms with Crippen LogP contribution in [0.3, 0.4) is 0 Å². The van der Waals surface area contributed by atoms with E-state index in [1.165, 1.54) is 19.3 Å². The van der Waals surface area contributed by atoms with Gasteiger partial charge in [-0.1, -0.05) is 18.5 Å². The largest absolute Gasteiger partial charge is 0.339 e. The molecule has 1 heterocycles. The number of rotatable bonds is 5. The van der Waals surface area contributed by atoms with Crippen molar-refractivity contribution >= 4 is 11.8 Å². The van der Waals surface area contributed by atoms with E-state index >= 15 is 0 Å². The highest BCUT2D eigenvalue weighted by atomic mass is 32.2. The Morgan fingerprint density at radius 1 is 1.47 bits per heavy atom. The van der Waals surface area contributed by atoms with Crippen molar-refractivity contribution in [3.8, 4) is 0 Å². The average Bonchev–Trinajstić information content (AvgIpc) is 2.96. The van der Waals surface area contributed by atoms with Crippen LogP contribution in [0.5, 0.6) is 0 Å². The van der Waals surface area contributed by atoms with E-state index < -0.39 is 0 Å². The normalized spacial score (nSPS) is 24.7. The highest BCUT2D eigenvalue weighted by Gasteiger charge is 2.30. The zero-order valence-corrected chi connectivity index (χ0v) is 11.7. The van der Waals surface area contributed by atoms with Gasteiger partial charge in [0.25, 0.3) is 0 Å². The molecule has 0 aliphatic heterocycles. The van der Waals surface area contributed by atoms with E-state index in [2.05, 4.69) is 28.3 Å². The maximum absolute atomic E-state index is 5.14. The third-order valence-electron chi connectivity index (χ3n) is 3.49. The molecule has 0 unspecified atom stereocenters. The molecule has 1 saturated carbocycles. The zero-order chi connectivity index (χ0) is 12.3. The van der Waals surface area contributed by atoms with Crippen LogP contribution >= 0.6 is 11.8 Å². The average molecular weight is 255 g/mol. The fourth-order valence-electron chi connectivity index (χ4n) is 2.52. The summed E-state index contributed by atoms with van der Waals surface area (Å²) in [6, 6.07) is 0.661. The van der Waals surface area contributed by atoms with E-state index in [0.717, 1.165) is 29.9 Å². The van der Waals surface area contributed by atoms with Crippen LogP contribution in [0.25, 0.3) is 0 Å². The molecule has 2 atom stereocenters. The molecule has 1 aromatic rings. The number of aromatic nitrogens is 2. The van der Waals surface area contributed by atoms with E-state index in [1.54, 1.807) is 0 Å². The maximum atomic E-state index is 5.14. The van der Waals surface area contributed by atoms with Gasteiger partial charge in [-0.05, 0) is 26.1 Å². The lowest BCUT2D eigenvalue weighted by Gasteiger charge is -2.27. The van der Waals surface area contributed by atoms with Gasteiger partial charge in [0.1, 0.15) is 0 Å². The van der Waals surface area contributed by atoms with Crippen LogP contribution < -0.4 is 0 Å². The first-order valence-electron chi connectivity index (χ1n) is 6.29. The Kier molecular flexibility index (Phi) is 4.45. The molecule has 0 saturated heterocycles. The second-order valence-electron chi connectivity index (χ2n) is 4.65. The van der Waals surface area contributed by atoms with Crippen molar-refractivity contribution in [1.82, 2.24) is 15.0 Å². The summed E-state index contributed by atoms with van der Waals surface area (Å²) < 4.78 is 5.14. The molecule has 17 heavy (non-hydrogen) atoms. The monoisotopic (exact) mass is 255 g/mol. The highest BCUT2D eigenvalue weighted by molar-refractivity contribution is 7.99. The van der Waals surface area contributed by atoms with Gasteiger partial charge in [-0.25, -0.2) is 0 Å². The Hall–Kier alpha value is -0.550. The standard InChI is InChI=1S/C12H21N3OS/c1-4-12-13-11(14-16-12)8-15(2)9-6-5-7-10(9)17-3/h9-10H,4-8H2,1-3H3/t9-,10-/m1/s1. The second-order valence-corrected chi connectivity index (χ2v) is 5.72. The van der Waals surface area contributed by atoms with Crippen molar-refractivity contribution in [1.29, 1.82) is 0 Å². The molecule has 1 aromatic heterocycles. The van der Waals surface area contributed by atoms with Gasteiger partial charge in [0.15, 0.2) is 5.82 Å². The van der Waals surface area contributed by atoms with Gasteiger partial charge in [-0.15, -0.1) is 0 Å². The minimum atomic E-state index is 0.661. The lowest BCUT2D eigenvalue weighted by Crippen LogP contribution is -2.35. The molecule has 1 aliphatic rings. The first-order valence-corrected chi connectivity index (χ1v) is 7.58. The maximum Gasteiger partial charge on any atom is 0.226 e. The summed E-state index contributed by atoms with van der Waals surface area (Å²) in [7, 11) is 2.17. The van der Waals surface area contributed by atoms with E-state index in [0.29, 0.717) is 6.04 Å². The Bertz CT molecular complexity index is 355. The van der Waals surface area contributed by atoms with Crippen LogP contribution in [0.4, 0.5) is 0 Å². The molecule has 0 aromatic carbocycles. The zero-order valence-electron chi connectivity index (χ0n) is 10.8. The van der Waals surface area contributed by atoms with Gasteiger partial charge >= 0.3 is 0 Å². The number of thioether (sulfide) groups is 1. The molecular weight excluding hydrogens is 234 g/mol. The first kappa shape index (κ1) is 12.9. The summed E-state index contributed by atoms with van der Waals surface area (Å²) in [5.74, 6) is 1.55. The van der Waals surface area contributed by atoms with Crippen molar-refractivity contribution < 1.29 is 4.52 Å². The van der Waals surface area contributed by atoms with Gasteiger partial charge in [-0.2, -0.15) is 16.7 Å². The fourth-order valence-corrected chi connectivity index (χ4v) is 3.58. The van der Waals surface area contributed by atoms with Crippen LogP contribution in [-0.4, -0.2) is 39.6 Å². The van der Waals surface area contributed by atoms with Crippen molar-refractivity contribution in [3.05, 3.63) is 11.7 Å². The lowest BCUT2D eigenvalue weighted by molar-refractivity contribution is 0.232. The predicted octanol–water partition coefficient (Wildman–Crippen LogP) is 2.35. The number of aryl methyl sites for hydroxylation is 1. The summed E-state index contributed by atoms with van der Waals surface area (Å²) in [5.41, 5.74) is 0. The van der Waals surface area contributed by atoms with Gasteiger partial charge < -0.3 is 4.52 Å². The minimum Gasteiger partial charge on any atom is -0.339 e. The molecule has 1 fully saturated rings. The van der Waals surface area contributed by atoms with Crippen LogP contribution in [0.2, 0.25) is 0 Å². The highest BCUT2D eigenvalue weighted by Crippen LogP contribution is 2.31. The van der Waals surface area contributed by atoms with Crippen molar-refractivity contribution in [2.24, 2.45) is 0 Å². The summed E-state index contributed by atoms with van der Waals surface area (Å²) in [5, 5.41) is 4.78. The number of hydrogen-bond donors (Lipinski definition) is 0. The molecule has 2 rings (SSSR count). The van der Waals surface area contributed by atoms with E-state index in [9.17, 15) is 0 Å². The van der Waals surface area contributed by atoms with Crippen molar-refractivity contribution in [2.75, 3.05) is 13.3 Å². The molecule has 0 amide bonds. The third kappa shape index (κ3) is 3.01. The van der Waals surface area contributed by atoms with Crippen molar-refractivity contribution in [3.63, 3.8) is 0 Å². The van der Waals surface area contributed by atoms with Gasteiger partial charge in [0, 0.05) is 17.7 Å². The van der Waals surface area contributed by atoms with Crippen LogP contribution in [0, 0.1) is 0 Å². The van der Waals surface area contributed by atoms with Gasteiger partial charge in [0.05, 0.1) is 6.54 Å². The number of nitrogens with zero attached hydrogens (tertiary/aromatic N) is 3. The molecule has 1 aliphatic carbocycles. The molecule has 4 nitrogen and oxygen atoms in total. The first-order chi connectivity index (χ1) is 8.24. The molecule has 0 N–H and O–H groups in total. The third-order valence-corrected chi connectivity index (χ3v) is 4.65. The molecule has 0 spiro atoms. The fraction of sp³-hybridized carbons (Fsp3) is 0.833. The molecule has 0 radical (unpaired) electrons. The van der Waals surface area contributed by atoms with E-state index in [4.69, 9.17) is 4.52 Å². The van der Waals surface area contributed by atoms with Crippen LogP contribution in [0.15, 0.2) is 4.52 Å². The molecular formula is C12H21N3OS. The lowest BCUT2D eigenvalue weighted by atomic mass is 10.2. The summed E-state index contributed by atoms with van der Waals surface area (Å²) in [6.07, 6.45) is 6.99. The Morgan fingerprint density at radius 2 is 2.29 bits per heavy atom. The topological polar surface area (TPSA) is 42.2 Å². The van der Waals surface area contributed by atoms with E-state index in [1.807, 2.05) is 18.7 Å². The number of hydrogen-bond acceptors (Lipinski definition) is 5. The van der Waals surface area contributed by atoms with Crippen molar-refractivity contribution in [2.45, 2.75) is 50.4 Å². The Labute approximate surface area is 107 Å². The van der Waals surface area contributed by atoms with Gasteiger partial charge in [0.2, 0.25) is 5.89 Å². The Balaban J connectivity index is 1.93. The summed E-state index contributed by atoms with van der Waals surface area (Å²) in [6.45, 7) is 2.83. The molecule has 96 valence electrons. The quantitative estimate of drug-likeness (QED) is 0.808. The van der Waals surface area contributed by atoms with Gasteiger partial charge in [-0.3, -0.25) is 4.90 Å². The Morgan fingerprint density at radius 3 is 2.94 bits per heavy atom.